The molecular formula is C22H36IN3O4. The standard InChI is InChI=1S/C22H35N3O4.HI/c1-4-23-22(24-9-5-11-29-19-7-12-28-13-8-19)25-10-6-17-14-20(26-2)21(27-3)15-18(17)16-25;/h14-15,19H,4-13,16H2,1-3H3,(H,23,24);1H. The monoisotopic (exact) mass is 533 g/mol. The minimum atomic E-state index is 0. The van der Waals surface area contributed by atoms with Gasteiger partial charge in [-0.25, -0.2) is 0 Å². The van der Waals surface area contributed by atoms with Crippen LogP contribution < -0.4 is 14.8 Å². The Morgan fingerprint density at radius 1 is 1.17 bits per heavy atom. The van der Waals surface area contributed by atoms with Gasteiger partial charge in [-0.1, -0.05) is 0 Å². The topological polar surface area (TPSA) is 64.6 Å². The summed E-state index contributed by atoms with van der Waals surface area (Å²) in [6.07, 6.45) is 4.27. The number of rotatable bonds is 8. The SMILES string of the molecule is CCNC(=NCCCOC1CCOCC1)N1CCc2cc(OC)c(OC)cc2C1.I. The highest BCUT2D eigenvalue weighted by atomic mass is 127. The molecule has 1 fully saturated rings. The molecule has 0 radical (unpaired) electrons. The summed E-state index contributed by atoms with van der Waals surface area (Å²) in [6.45, 7) is 7.88. The summed E-state index contributed by atoms with van der Waals surface area (Å²) < 4.78 is 22.2. The second kappa shape index (κ2) is 13.2. The van der Waals surface area contributed by atoms with E-state index in [1.54, 1.807) is 14.2 Å². The predicted molar refractivity (Wildman–Crippen MR) is 129 cm³/mol. The molecule has 1 N–H and O–H groups in total. The van der Waals surface area contributed by atoms with Crippen LogP contribution in [0.3, 0.4) is 0 Å². The first-order valence-electron chi connectivity index (χ1n) is 10.7. The number of nitrogens with zero attached hydrogens (tertiary/aromatic N) is 2. The van der Waals surface area contributed by atoms with E-state index in [1.807, 2.05) is 0 Å². The minimum absolute atomic E-state index is 0. The molecule has 1 saturated heterocycles. The van der Waals surface area contributed by atoms with Crippen LogP contribution in [-0.2, 0) is 22.4 Å². The zero-order chi connectivity index (χ0) is 20.5. The normalized spacial score (nSPS) is 17.2. The van der Waals surface area contributed by atoms with Crippen molar-refractivity contribution in [2.24, 2.45) is 4.99 Å². The first-order chi connectivity index (χ1) is 14.2. The van der Waals surface area contributed by atoms with Crippen LogP contribution in [0.1, 0.15) is 37.3 Å². The number of guanidine groups is 1. The van der Waals surface area contributed by atoms with Gasteiger partial charge in [-0.3, -0.25) is 4.99 Å². The minimum Gasteiger partial charge on any atom is -0.493 e. The molecule has 0 spiro atoms. The molecule has 2 heterocycles. The summed E-state index contributed by atoms with van der Waals surface area (Å²) in [5.74, 6) is 2.55. The number of fused-ring (bicyclic) bond motifs is 1. The van der Waals surface area contributed by atoms with Gasteiger partial charge in [0.2, 0.25) is 0 Å². The first kappa shape index (κ1) is 25.0. The number of ether oxygens (including phenoxy) is 4. The van der Waals surface area contributed by atoms with Gasteiger partial charge in [0.05, 0.1) is 20.3 Å². The van der Waals surface area contributed by atoms with Crippen LogP contribution in [0.5, 0.6) is 11.5 Å². The fourth-order valence-electron chi connectivity index (χ4n) is 3.83. The molecule has 0 saturated carbocycles. The molecule has 3 rings (SSSR count). The molecular weight excluding hydrogens is 497 g/mol. The Morgan fingerprint density at radius 3 is 2.53 bits per heavy atom. The van der Waals surface area contributed by atoms with Crippen molar-refractivity contribution in [3.63, 3.8) is 0 Å². The molecule has 170 valence electrons. The molecule has 30 heavy (non-hydrogen) atoms. The van der Waals surface area contributed by atoms with Crippen LogP contribution in [-0.4, -0.2) is 70.6 Å². The predicted octanol–water partition coefficient (Wildman–Crippen LogP) is 3.23. The van der Waals surface area contributed by atoms with Crippen molar-refractivity contribution in [1.29, 1.82) is 0 Å². The van der Waals surface area contributed by atoms with Gasteiger partial charge in [0.1, 0.15) is 0 Å². The molecule has 7 nitrogen and oxygen atoms in total. The lowest BCUT2D eigenvalue weighted by atomic mass is 9.99. The van der Waals surface area contributed by atoms with E-state index in [0.29, 0.717) is 6.10 Å². The highest BCUT2D eigenvalue weighted by molar-refractivity contribution is 14.0. The Balaban J connectivity index is 0.00000320. The van der Waals surface area contributed by atoms with Gasteiger partial charge in [-0.05, 0) is 55.9 Å². The Kier molecular flexibility index (Phi) is 11.0. The summed E-state index contributed by atoms with van der Waals surface area (Å²) in [5, 5.41) is 3.44. The second-order valence-corrected chi connectivity index (χ2v) is 7.42. The third kappa shape index (κ3) is 6.88. The van der Waals surface area contributed by atoms with Crippen molar-refractivity contribution in [1.82, 2.24) is 10.2 Å². The van der Waals surface area contributed by atoms with E-state index in [4.69, 9.17) is 23.9 Å². The Bertz CT molecular complexity index is 681. The van der Waals surface area contributed by atoms with Crippen molar-refractivity contribution in [3.05, 3.63) is 23.3 Å². The first-order valence-corrected chi connectivity index (χ1v) is 10.7. The second-order valence-electron chi connectivity index (χ2n) is 7.42. The van der Waals surface area contributed by atoms with Gasteiger partial charge >= 0.3 is 0 Å². The Labute approximate surface area is 197 Å². The maximum Gasteiger partial charge on any atom is 0.194 e. The highest BCUT2D eigenvalue weighted by Gasteiger charge is 2.21. The summed E-state index contributed by atoms with van der Waals surface area (Å²) in [4.78, 5) is 7.16. The number of methoxy groups -OCH3 is 2. The molecule has 0 bridgehead atoms. The van der Waals surface area contributed by atoms with Crippen molar-refractivity contribution in [3.8, 4) is 11.5 Å². The molecule has 0 aromatic heterocycles. The zero-order valence-corrected chi connectivity index (χ0v) is 20.8. The Hall–Kier alpha value is -1.26. The van der Waals surface area contributed by atoms with E-state index in [-0.39, 0.29) is 24.0 Å². The molecule has 2 aliphatic heterocycles. The number of aliphatic imine (C=N–C) groups is 1. The number of benzene rings is 1. The van der Waals surface area contributed by atoms with Crippen molar-refractivity contribution in [2.75, 3.05) is 53.7 Å². The van der Waals surface area contributed by atoms with Crippen LogP contribution in [0.2, 0.25) is 0 Å². The van der Waals surface area contributed by atoms with Crippen LogP contribution >= 0.6 is 24.0 Å². The summed E-state index contributed by atoms with van der Waals surface area (Å²) in [5.41, 5.74) is 2.59. The third-order valence-electron chi connectivity index (χ3n) is 5.44. The van der Waals surface area contributed by atoms with Gasteiger partial charge in [0.15, 0.2) is 17.5 Å². The molecule has 0 atom stereocenters. The van der Waals surface area contributed by atoms with E-state index in [0.717, 1.165) is 89.1 Å². The lowest BCUT2D eigenvalue weighted by Gasteiger charge is -2.32. The fourth-order valence-corrected chi connectivity index (χ4v) is 3.83. The van der Waals surface area contributed by atoms with Crippen LogP contribution in [0.25, 0.3) is 0 Å². The van der Waals surface area contributed by atoms with E-state index >= 15 is 0 Å². The summed E-state index contributed by atoms with van der Waals surface area (Å²) in [7, 11) is 3.36. The molecule has 1 aromatic carbocycles. The maximum absolute atomic E-state index is 5.96. The van der Waals surface area contributed by atoms with E-state index in [2.05, 4.69) is 29.3 Å². The number of halogens is 1. The molecule has 0 unspecified atom stereocenters. The molecule has 2 aliphatic rings. The molecule has 0 aliphatic carbocycles. The number of hydrogen-bond donors (Lipinski definition) is 1. The smallest absolute Gasteiger partial charge is 0.194 e. The van der Waals surface area contributed by atoms with Crippen LogP contribution in [0.4, 0.5) is 0 Å². The lowest BCUT2D eigenvalue weighted by Crippen LogP contribution is -2.44. The van der Waals surface area contributed by atoms with E-state index < -0.39 is 0 Å². The van der Waals surface area contributed by atoms with Crippen LogP contribution in [0, 0.1) is 0 Å². The quantitative estimate of drug-likeness (QED) is 0.240. The van der Waals surface area contributed by atoms with Gasteiger partial charge in [-0.2, -0.15) is 0 Å². The fraction of sp³-hybridized carbons (Fsp3) is 0.682. The van der Waals surface area contributed by atoms with Gasteiger partial charge in [0, 0.05) is 46.0 Å². The number of nitrogens with one attached hydrogen (secondary N) is 1. The van der Waals surface area contributed by atoms with E-state index in [9.17, 15) is 0 Å². The van der Waals surface area contributed by atoms with Crippen molar-refractivity contribution < 1.29 is 18.9 Å². The van der Waals surface area contributed by atoms with Crippen LogP contribution in [0.15, 0.2) is 17.1 Å². The van der Waals surface area contributed by atoms with Gasteiger partial charge in [-0.15, -0.1) is 24.0 Å². The van der Waals surface area contributed by atoms with Crippen molar-refractivity contribution >= 4 is 29.9 Å². The highest BCUT2D eigenvalue weighted by Crippen LogP contribution is 2.33. The lowest BCUT2D eigenvalue weighted by molar-refractivity contribution is -0.0318. The average molecular weight is 533 g/mol. The maximum atomic E-state index is 5.96. The largest absolute Gasteiger partial charge is 0.493 e. The Morgan fingerprint density at radius 2 is 1.87 bits per heavy atom. The third-order valence-corrected chi connectivity index (χ3v) is 5.44. The van der Waals surface area contributed by atoms with Gasteiger partial charge in [0.25, 0.3) is 0 Å². The summed E-state index contributed by atoms with van der Waals surface area (Å²) in [6, 6.07) is 4.19. The van der Waals surface area contributed by atoms with E-state index in [1.165, 1.54) is 11.1 Å². The molecule has 0 amide bonds. The molecule has 1 aromatic rings. The van der Waals surface area contributed by atoms with Crippen molar-refractivity contribution in [2.45, 2.75) is 45.3 Å². The van der Waals surface area contributed by atoms with Gasteiger partial charge < -0.3 is 29.2 Å². The average Bonchev–Trinajstić information content (AvgIpc) is 2.77. The molecule has 8 heteroatoms. The summed E-state index contributed by atoms with van der Waals surface area (Å²) >= 11 is 0. The zero-order valence-electron chi connectivity index (χ0n) is 18.4. The number of hydrogen-bond acceptors (Lipinski definition) is 5.